The van der Waals surface area contributed by atoms with Crippen LogP contribution in [0.4, 0.5) is 0 Å². The molecule has 0 unspecified atom stereocenters. The minimum Gasteiger partial charge on any atom is -0.507 e. The molecule has 1 heterocycles. The molecule has 0 aliphatic carbocycles. The summed E-state index contributed by atoms with van der Waals surface area (Å²) in [6, 6.07) is 16.9. The number of carbonyl (C=O) groups is 1. The molecule has 6 nitrogen and oxygen atoms in total. The molecule has 3 rings (SSSR count). The van der Waals surface area contributed by atoms with Gasteiger partial charge in [-0.3, -0.25) is 4.79 Å². The van der Waals surface area contributed by atoms with Gasteiger partial charge in [0.1, 0.15) is 18.2 Å². The predicted molar refractivity (Wildman–Crippen MR) is 104 cm³/mol. The van der Waals surface area contributed by atoms with E-state index in [1.807, 2.05) is 55.5 Å². The summed E-state index contributed by atoms with van der Waals surface area (Å²) < 4.78 is 5.08. The van der Waals surface area contributed by atoms with E-state index in [0.717, 1.165) is 16.0 Å². The molecule has 2 N–H and O–H groups in total. The SMILES string of the molecule is Cc1ccccc1SCC(=O)OC/C(O)=C(\C#N)c1nc2ccccc2[nH]1. The van der Waals surface area contributed by atoms with E-state index >= 15 is 0 Å². The van der Waals surface area contributed by atoms with Crippen molar-refractivity contribution in [3.05, 3.63) is 65.7 Å². The molecule has 2 aromatic carbocycles. The maximum absolute atomic E-state index is 11.9. The van der Waals surface area contributed by atoms with E-state index in [1.165, 1.54) is 11.8 Å². The highest BCUT2D eigenvalue weighted by atomic mass is 32.2. The normalized spacial score (nSPS) is 11.7. The largest absolute Gasteiger partial charge is 0.507 e. The number of imidazole rings is 1. The lowest BCUT2D eigenvalue weighted by Crippen LogP contribution is -2.11. The van der Waals surface area contributed by atoms with Crippen molar-refractivity contribution in [2.45, 2.75) is 11.8 Å². The van der Waals surface area contributed by atoms with Gasteiger partial charge in [0.2, 0.25) is 0 Å². The predicted octanol–water partition coefficient (Wildman–Crippen LogP) is 4.00. The number of benzene rings is 2. The highest BCUT2D eigenvalue weighted by molar-refractivity contribution is 8.00. The van der Waals surface area contributed by atoms with E-state index in [1.54, 1.807) is 6.07 Å². The number of thioether (sulfide) groups is 1. The maximum Gasteiger partial charge on any atom is 0.316 e. The van der Waals surface area contributed by atoms with E-state index in [0.29, 0.717) is 5.52 Å². The number of ether oxygens (including phenoxy) is 1. The fraction of sp³-hybridized carbons (Fsp3) is 0.150. The maximum atomic E-state index is 11.9. The van der Waals surface area contributed by atoms with Gasteiger partial charge in [-0.25, -0.2) is 4.98 Å². The van der Waals surface area contributed by atoms with Gasteiger partial charge in [0.15, 0.2) is 11.6 Å². The van der Waals surface area contributed by atoms with Crippen molar-refractivity contribution in [2.24, 2.45) is 0 Å². The lowest BCUT2D eigenvalue weighted by atomic mass is 10.2. The number of nitrogens with zero attached hydrogens (tertiary/aromatic N) is 2. The summed E-state index contributed by atoms with van der Waals surface area (Å²) in [4.78, 5) is 20.2. The first-order chi connectivity index (χ1) is 13.1. The van der Waals surface area contributed by atoms with Crippen LogP contribution >= 0.6 is 11.8 Å². The van der Waals surface area contributed by atoms with Gasteiger partial charge in [-0.1, -0.05) is 30.3 Å². The van der Waals surface area contributed by atoms with Gasteiger partial charge in [0.25, 0.3) is 0 Å². The van der Waals surface area contributed by atoms with E-state index in [4.69, 9.17) is 4.74 Å². The summed E-state index contributed by atoms with van der Waals surface area (Å²) in [5.74, 6) is -0.464. The number of fused-ring (bicyclic) bond motifs is 1. The number of aliphatic hydroxyl groups excluding tert-OH is 1. The van der Waals surface area contributed by atoms with Crippen molar-refractivity contribution in [2.75, 3.05) is 12.4 Å². The third-order valence-electron chi connectivity index (χ3n) is 3.84. The number of aliphatic hydroxyl groups is 1. The molecule has 7 heteroatoms. The zero-order valence-electron chi connectivity index (χ0n) is 14.6. The van der Waals surface area contributed by atoms with Gasteiger partial charge >= 0.3 is 5.97 Å². The first-order valence-corrected chi connectivity index (χ1v) is 9.18. The standard InChI is InChI=1S/C20H17N3O3S/c1-13-6-2-5-9-18(13)27-12-19(25)26-11-17(24)14(10-21)20-22-15-7-3-4-8-16(15)23-20/h2-9,24H,11-12H2,1H3,(H,22,23)/b17-14-. The van der Waals surface area contributed by atoms with Crippen LogP contribution in [0.15, 0.2) is 59.2 Å². The Kier molecular flexibility index (Phi) is 5.79. The number of aromatic nitrogens is 2. The van der Waals surface area contributed by atoms with Crippen molar-refractivity contribution < 1.29 is 14.6 Å². The van der Waals surface area contributed by atoms with Crippen LogP contribution in [0.25, 0.3) is 16.6 Å². The average molecular weight is 379 g/mol. The highest BCUT2D eigenvalue weighted by Gasteiger charge is 2.15. The summed E-state index contributed by atoms with van der Waals surface area (Å²) >= 11 is 1.36. The van der Waals surface area contributed by atoms with Gasteiger partial charge in [-0.2, -0.15) is 5.26 Å². The molecule has 27 heavy (non-hydrogen) atoms. The number of esters is 1. The van der Waals surface area contributed by atoms with E-state index in [2.05, 4.69) is 9.97 Å². The zero-order valence-corrected chi connectivity index (χ0v) is 15.4. The molecule has 0 atom stereocenters. The number of carbonyl (C=O) groups excluding carboxylic acids is 1. The number of para-hydroxylation sites is 2. The molecule has 0 saturated carbocycles. The molecule has 0 amide bonds. The van der Waals surface area contributed by atoms with Gasteiger partial charge in [-0.15, -0.1) is 11.8 Å². The van der Waals surface area contributed by atoms with Crippen molar-refractivity contribution >= 4 is 34.3 Å². The van der Waals surface area contributed by atoms with E-state index in [-0.39, 0.29) is 29.5 Å². The molecule has 3 aromatic rings. The summed E-state index contributed by atoms with van der Waals surface area (Å²) in [6.07, 6.45) is 0. The van der Waals surface area contributed by atoms with Gasteiger partial charge < -0.3 is 14.8 Å². The van der Waals surface area contributed by atoms with Crippen LogP contribution < -0.4 is 0 Å². The first-order valence-electron chi connectivity index (χ1n) is 8.20. The molecule has 0 radical (unpaired) electrons. The van der Waals surface area contributed by atoms with Crippen molar-refractivity contribution in [3.8, 4) is 6.07 Å². The molecule has 136 valence electrons. The third-order valence-corrected chi connectivity index (χ3v) is 4.98. The summed E-state index contributed by atoms with van der Waals surface area (Å²) in [6.45, 7) is 1.59. The smallest absolute Gasteiger partial charge is 0.316 e. The van der Waals surface area contributed by atoms with Crippen molar-refractivity contribution in [3.63, 3.8) is 0 Å². The van der Waals surface area contributed by atoms with E-state index < -0.39 is 5.97 Å². The Morgan fingerprint density at radius 2 is 2.00 bits per heavy atom. The number of hydrogen-bond acceptors (Lipinski definition) is 6. The van der Waals surface area contributed by atoms with Crippen LogP contribution in [0.1, 0.15) is 11.4 Å². The Morgan fingerprint density at radius 1 is 1.26 bits per heavy atom. The Balaban J connectivity index is 1.63. The number of rotatable bonds is 6. The van der Waals surface area contributed by atoms with Gasteiger partial charge in [0.05, 0.1) is 16.8 Å². The second-order valence-corrected chi connectivity index (χ2v) is 6.77. The topological polar surface area (TPSA) is 99.0 Å². The molecule has 0 saturated heterocycles. The van der Waals surface area contributed by atoms with Gasteiger partial charge in [-0.05, 0) is 30.7 Å². The Morgan fingerprint density at radius 3 is 2.74 bits per heavy atom. The summed E-state index contributed by atoms with van der Waals surface area (Å²) in [5.41, 5.74) is 2.46. The molecule has 0 aliphatic rings. The average Bonchev–Trinajstić information content (AvgIpc) is 3.10. The molecule has 0 spiro atoms. The lowest BCUT2D eigenvalue weighted by molar-refractivity contribution is -0.140. The summed E-state index contributed by atoms with van der Waals surface area (Å²) in [5, 5.41) is 19.5. The van der Waals surface area contributed by atoms with Crippen LogP contribution in [0.2, 0.25) is 0 Å². The van der Waals surface area contributed by atoms with Crippen molar-refractivity contribution in [1.82, 2.24) is 9.97 Å². The van der Waals surface area contributed by atoms with Crippen LogP contribution in [0.3, 0.4) is 0 Å². The Labute approximate surface area is 160 Å². The second kappa shape index (κ2) is 8.43. The summed E-state index contributed by atoms with van der Waals surface area (Å²) in [7, 11) is 0. The Bertz CT molecular complexity index is 1020. The molecule has 0 aliphatic heterocycles. The highest BCUT2D eigenvalue weighted by Crippen LogP contribution is 2.22. The van der Waals surface area contributed by atoms with Gasteiger partial charge in [0, 0.05) is 4.90 Å². The van der Waals surface area contributed by atoms with E-state index in [9.17, 15) is 15.2 Å². The second-order valence-electron chi connectivity index (χ2n) is 5.75. The fourth-order valence-electron chi connectivity index (χ4n) is 2.44. The monoisotopic (exact) mass is 379 g/mol. The number of aryl methyl sites for hydroxylation is 1. The molecular formula is C20H17N3O3S. The molecular weight excluding hydrogens is 362 g/mol. The minimum atomic E-state index is -0.475. The minimum absolute atomic E-state index is 0.0504. The molecule has 0 bridgehead atoms. The number of H-pyrrole nitrogens is 1. The number of allylic oxidation sites excluding steroid dienone is 1. The quantitative estimate of drug-likeness (QED) is 0.291. The zero-order chi connectivity index (χ0) is 19.2. The number of hydrogen-bond donors (Lipinski definition) is 2. The Hall–Kier alpha value is -3.24. The fourth-order valence-corrected chi connectivity index (χ4v) is 3.27. The molecule has 0 fully saturated rings. The van der Waals surface area contributed by atoms with Crippen LogP contribution in [-0.4, -0.2) is 33.4 Å². The van der Waals surface area contributed by atoms with Crippen LogP contribution in [-0.2, 0) is 9.53 Å². The molecule has 1 aromatic heterocycles. The van der Waals surface area contributed by atoms with Crippen LogP contribution in [0.5, 0.6) is 0 Å². The van der Waals surface area contributed by atoms with Crippen LogP contribution in [0, 0.1) is 18.3 Å². The third kappa shape index (κ3) is 4.49. The van der Waals surface area contributed by atoms with Crippen molar-refractivity contribution in [1.29, 1.82) is 5.26 Å². The number of aromatic amines is 1. The lowest BCUT2D eigenvalue weighted by Gasteiger charge is -2.07. The number of nitriles is 1. The first kappa shape index (κ1) is 18.5. The number of nitrogens with one attached hydrogen (secondary N) is 1.